The second-order valence-electron chi connectivity index (χ2n) is 5.00. The van der Waals surface area contributed by atoms with Gasteiger partial charge in [0.1, 0.15) is 22.6 Å². The molecule has 0 bridgehead atoms. The lowest BCUT2D eigenvalue weighted by Gasteiger charge is -2.13. The van der Waals surface area contributed by atoms with Gasteiger partial charge in [0, 0.05) is 10.8 Å². The summed E-state index contributed by atoms with van der Waals surface area (Å²) in [5.41, 5.74) is 0.0499. The molecule has 0 aliphatic rings. The molecule has 1 amide bonds. The Labute approximate surface area is 141 Å². The zero-order valence-corrected chi connectivity index (χ0v) is 13.8. The predicted molar refractivity (Wildman–Crippen MR) is 89.4 cm³/mol. The maximum Gasteiger partial charge on any atom is 0.239 e. The number of carbonyl (C=O) groups excluding carboxylic acids is 1. The zero-order valence-electron chi connectivity index (χ0n) is 13.0. The molecule has 2 unspecified atom stereocenters. The van der Waals surface area contributed by atoms with Gasteiger partial charge in [-0.2, -0.15) is 0 Å². The molecule has 0 aliphatic carbocycles. The number of benzene rings is 2. The van der Waals surface area contributed by atoms with E-state index in [0.717, 1.165) is 0 Å². The number of carbonyl (C=O) groups is 1. The van der Waals surface area contributed by atoms with Crippen molar-refractivity contribution in [2.45, 2.75) is 12.2 Å². The fourth-order valence-corrected chi connectivity index (χ4v) is 2.76. The molecule has 24 heavy (non-hydrogen) atoms. The molecular weight excluding hydrogens is 336 g/mol. The van der Waals surface area contributed by atoms with Crippen molar-refractivity contribution in [3.63, 3.8) is 0 Å². The van der Waals surface area contributed by atoms with Crippen LogP contribution >= 0.6 is 0 Å². The number of hydrogen-bond donors (Lipinski definition) is 1. The Kier molecular flexibility index (Phi) is 6.43. The minimum atomic E-state index is -1.49. The van der Waals surface area contributed by atoms with E-state index in [-0.39, 0.29) is 23.9 Å². The van der Waals surface area contributed by atoms with Crippen LogP contribution in [0, 0.1) is 11.6 Å². The maximum atomic E-state index is 13.5. The standard InChI is InChI=1S/C17H17F2NO3S/c1-12(17(21)20-16-5-3-2-4-15(16)19)24(22)11-10-23-14-8-6-13(18)7-9-14/h2-9,12H,10-11H2,1H3,(H,20,21). The summed E-state index contributed by atoms with van der Waals surface area (Å²) in [6.07, 6.45) is 0. The van der Waals surface area contributed by atoms with Gasteiger partial charge in [-0.1, -0.05) is 12.1 Å². The molecule has 0 saturated carbocycles. The lowest BCUT2D eigenvalue weighted by molar-refractivity contribution is -0.115. The predicted octanol–water partition coefficient (Wildman–Crippen LogP) is 3.12. The van der Waals surface area contributed by atoms with Crippen molar-refractivity contribution < 1.29 is 22.5 Å². The summed E-state index contributed by atoms with van der Waals surface area (Å²) in [5.74, 6) is -0.867. The molecule has 0 spiro atoms. The van der Waals surface area contributed by atoms with Crippen LogP contribution in [0.2, 0.25) is 0 Å². The second-order valence-corrected chi connectivity index (χ2v) is 6.88. The molecule has 7 heteroatoms. The third kappa shape index (κ3) is 5.13. The average molecular weight is 353 g/mol. The van der Waals surface area contributed by atoms with E-state index >= 15 is 0 Å². The van der Waals surface area contributed by atoms with E-state index < -0.39 is 27.8 Å². The van der Waals surface area contributed by atoms with E-state index in [2.05, 4.69) is 5.32 Å². The number of amides is 1. The van der Waals surface area contributed by atoms with Crippen LogP contribution in [0.3, 0.4) is 0 Å². The number of anilines is 1. The minimum absolute atomic E-state index is 0.0499. The molecule has 0 aliphatic heterocycles. The summed E-state index contributed by atoms with van der Waals surface area (Å²) in [6.45, 7) is 1.62. The molecule has 2 aromatic rings. The van der Waals surface area contributed by atoms with E-state index in [1.165, 1.54) is 49.4 Å². The smallest absolute Gasteiger partial charge is 0.239 e. The Morgan fingerprint density at radius 1 is 1.17 bits per heavy atom. The first-order chi connectivity index (χ1) is 11.5. The van der Waals surface area contributed by atoms with Gasteiger partial charge in [-0.3, -0.25) is 9.00 Å². The van der Waals surface area contributed by atoms with Gasteiger partial charge in [0.05, 0.1) is 18.0 Å². The summed E-state index contributed by atoms with van der Waals surface area (Å²) in [4.78, 5) is 12.0. The SMILES string of the molecule is CC(C(=O)Nc1ccccc1F)S(=O)CCOc1ccc(F)cc1. The van der Waals surface area contributed by atoms with Crippen LogP contribution in [0.15, 0.2) is 48.5 Å². The fraction of sp³-hybridized carbons (Fsp3) is 0.235. The lowest BCUT2D eigenvalue weighted by atomic mass is 10.3. The first kappa shape index (κ1) is 18.1. The van der Waals surface area contributed by atoms with Crippen molar-refractivity contribution in [1.82, 2.24) is 0 Å². The highest BCUT2D eigenvalue weighted by atomic mass is 32.2. The molecule has 0 radical (unpaired) electrons. The van der Waals surface area contributed by atoms with Crippen LogP contribution in [0.4, 0.5) is 14.5 Å². The highest BCUT2D eigenvalue weighted by Crippen LogP contribution is 2.14. The molecule has 0 saturated heterocycles. The average Bonchev–Trinajstić information content (AvgIpc) is 2.58. The molecule has 4 nitrogen and oxygen atoms in total. The molecule has 2 aromatic carbocycles. The topological polar surface area (TPSA) is 55.4 Å². The molecule has 2 atom stereocenters. The van der Waals surface area contributed by atoms with Gasteiger partial charge in [0.2, 0.25) is 5.91 Å². The summed E-state index contributed by atoms with van der Waals surface area (Å²) >= 11 is 0. The first-order valence-corrected chi connectivity index (χ1v) is 8.66. The highest BCUT2D eigenvalue weighted by Gasteiger charge is 2.20. The molecule has 0 fully saturated rings. The Morgan fingerprint density at radius 3 is 2.50 bits per heavy atom. The van der Waals surface area contributed by atoms with Crippen LogP contribution in [0.25, 0.3) is 0 Å². The Morgan fingerprint density at radius 2 is 1.83 bits per heavy atom. The van der Waals surface area contributed by atoms with E-state index in [4.69, 9.17) is 4.74 Å². The van der Waals surface area contributed by atoms with Gasteiger partial charge >= 0.3 is 0 Å². The van der Waals surface area contributed by atoms with Gasteiger partial charge in [-0.15, -0.1) is 0 Å². The van der Waals surface area contributed by atoms with Crippen LogP contribution in [-0.4, -0.2) is 27.7 Å². The normalized spacial score (nSPS) is 13.1. The lowest BCUT2D eigenvalue weighted by Crippen LogP contribution is -2.31. The van der Waals surface area contributed by atoms with Gasteiger partial charge in [0.25, 0.3) is 0 Å². The Balaban J connectivity index is 1.82. The Bertz CT molecular complexity index is 722. The zero-order chi connectivity index (χ0) is 17.5. The number of ether oxygens (including phenoxy) is 1. The van der Waals surface area contributed by atoms with Crippen LogP contribution < -0.4 is 10.1 Å². The van der Waals surface area contributed by atoms with Crippen molar-refractivity contribution in [1.29, 1.82) is 0 Å². The van der Waals surface area contributed by atoms with E-state index in [9.17, 15) is 17.8 Å². The molecule has 2 rings (SSSR count). The van der Waals surface area contributed by atoms with Crippen molar-refractivity contribution in [3.8, 4) is 5.75 Å². The third-order valence-electron chi connectivity index (χ3n) is 3.26. The first-order valence-electron chi connectivity index (χ1n) is 7.28. The fourth-order valence-electron chi connectivity index (χ4n) is 1.87. The van der Waals surface area contributed by atoms with Crippen LogP contribution in [-0.2, 0) is 15.6 Å². The summed E-state index contributed by atoms with van der Waals surface area (Å²) < 4.78 is 43.7. The second kappa shape index (κ2) is 8.54. The minimum Gasteiger partial charge on any atom is -0.493 e. The molecule has 0 heterocycles. The van der Waals surface area contributed by atoms with E-state index in [1.54, 1.807) is 6.07 Å². The van der Waals surface area contributed by atoms with E-state index in [0.29, 0.717) is 5.75 Å². The largest absolute Gasteiger partial charge is 0.493 e. The molecular formula is C17H17F2NO3S. The number of rotatable bonds is 7. The number of hydrogen-bond acceptors (Lipinski definition) is 3. The molecule has 1 N–H and O–H groups in total. The monoisotopic (exact) mass is 353 g/mol. The number of halogens is 2. The number of para-hydroxylation sites is 1. The third-order valence-corrected chi connectivity index (χ3v) is 4.83. The van der Waals surface area contributed by atoms with E-state index in [1.807, 2.05) is 0 Å². The van der Waals surface area contributed by atoms with Crippen LogP contribution in [0.5, 0.6) is 5.75 Å². The van der Waals surface area contributed by atoms with Gasteiger partial charge in [0.15, 0.2) is 0 Å². The van der Waals surface area contributed by atoms with Crippen LogP contribution in [0.1, 0.15) is 6.92 Å². The van der Waals surface area contributed by atoms with Crippen molar-refractivity contribution in [2.24, 2.45) is 0 Å². The summed E-state index contributed by atoms with van der Waals surface area (Å²) in [6, 6.07) is 11.2. The summed E-state index contributed by atoms with van der Waals surface area (Å²) in [5, 5.41) is 1.60. The van der Waals surface area contributed by atoms with Gasteiger partial charge < -0.3 is 10.1 Å². The molecule has 0 aromatic heterocycles. The quantitative estimate of drug-likeness (QED) is 0.832. The highest BCUT2D eigenvalue weighted by molar-refractivity contribution is 7.86. The van der Waals surface area contributed by atoms with Crippen molar-refractivity contribution >= 4 is 22.4 Å². The van der Waals surface area contributed by atoms with Crippen molar-refractivity contribution in [3.05, 3.63) is 60.2 Å². The van der Waals surface area contributed by atoms with Crippen molar-refractivity contribution in [2.75, 3.05) is 17.7 Å². The Hall–Kier alpha value is -2.28. The maximum absolute atomic E-state index is 13.5. The van der Waals surface area contributed by atoms with Gasteiger partial charge in [-0.25, -0.2) is 8.78 Å². The summed E-state index contributed by atoms with van der Waals surface area (Å²) in [7, 11) is -1.49. The number of nitrogens with one attached hydrogen (secondary N) is 1. The van der Waals surface area contributed by atoms with Gasteiger partial charge in [-0.05, 0) is 43.3 Å². The molecule has 128 valence electrons.